The van der Waals surface area contributed by atoms with E-state index in [1.807, 2.05) is 0 Å². The molecule has 0 N–H and O–H groups in total. The number of carbonyl (C=O) groups is 1. The lowest BCUT2D eigenvalue weighted by Gasteiger charge is -2.41. The second kappa shape index (κ2) is 6.72. The summed E-state index contributed by atoms with van der Waals surface area (Å²) in [5.41, 5.74) is -2.16. The third-order valence-corrected chi connectivity index (χ3v) is 4.64. The number of carbonyl (C=O) groups excluding carboxylic acids is 1. The summed E-state index contributed by atoms with van der Waals surface area (Å²) in [5.74, 6) is -0.583. The number of halogens is 3. The van der Waals surface area contributed by atoms with E-state index in [0.717, 1.165) is 11.3 Å². The molecular formula is C17H20F3NO3. The van der Waals surface area contributed by atoms with Gasteiger partial charge in [-0.2, -0.15) is 13.2 Å². The predicted octanol–water partition coefficient (Wildman–Crippen LogP) is 3.22. The molecule has 2 saturated heterocycles. The van der Waals surface area contributed by atoms with E-state index in [-0.39, 0.29) is 24.9 Å². The molecule has 0 aliphatic carbocycles. The van der Waals surface area contributed by atoms with Gasteiger partial charge in [0, 0.05) is 6.54 Å². The van der Waals surface area contributed by atoms with Crippen molar-refractivity contribution >= 4 is 5.91 Å². The second-order valence-corrected chi connectivity index (χ2v) is 6.10. The molecule has 2 aliphatic heterocycles. The zero-order valence-corrected chi connectivity index (χ0v) is 13.2. The Labute approximate surface area is 138 Å². The van der Waals surface area contributed by atoms with Crippen molar-refractivity contribution in [2.24, 2.45) is 0 Å². The number of nitrogens with zero attached hydrogens (tertiary/aromatic N) is 1. The number of likely N-dealkylation sites (tertiary alicyclic amines) is 1. The maximum Gasteiger partial charge on any atom is 0.415 e. The quantitative estimate of drug-likeness (QED) is 0.846. The summed E-state index contributed by atoms with van der Waals surface area (Å²) in [4.78, 5) is 13.6. The van der Waals surface area contributed by atoms with Gasteiger partial charge in [0.2, 0.25) is 5.91 Å². The van der Waals surface area contributed by atoms with E-state index in [9.17, 15) is 18.0 Å². The van der Waals surface area contributed by atoms with E-state index >= 15 is 0 Å². The van der Waals surface area contributed by atoms with Crippen LogP contribution >= 0.6 is 0 Å². The summed E-state index contributed by atoms with van der Waals surface area (Å²) in [6.45, 7) is 1.00. The summed E-state index contributed by atoms with van der Waals surface area (Å²) < 4.78 is 52.7. The van der Waals surface area contributed by atoms with Crippen molar-refractivity contribution in [2.45, 2.75) is 43.7 Å². The van der Waals surface area contributed by atoms with Gasteiger partial charge in [-0.1, -0.05) is 30.3 Å². The topological polar surface area (TPSA) is 38.8 Å². The molecule has 0 bridgehead atoms. The molecule has 1 aromatic carbocycles. The van der Waals surface area contributed by atoms with E-state index in [4.69, 9.17) is 9.47 Å². The molecule has 2 fully saturated rings. The molecule has 2 heterocycles. The highest BCUT2D eigenvalue weighted by Gasteiger charge is 2.62. The highest BCUT2D eigenvalue weighted by molar-refractivity contribution is 5.78. The third-order valence-electron chi connectivity index (χ3n) is 4.64. The van der Waals surface area contributed by atoms with E-state index in [2.05, 4.69) is 0 Å². The molecule has 4 nitrogen and oxygen atoms in total. The van der Waals surface area contributed by atoms with Crippen LogP contribution in [0, 0.1) is 0 Å². The molecule has 0 radical (unpaired) electrons. The maximum absolute atomic E-state index is 14.0. The average Bonchev–Trinajstić information content (AvgIpc) is 3.03. The summed E-state index contributed by atoms with van der Waals surface area (Å²) in [6.07, 6.45) is -4.58. The molecule has 0 spiro atoms. The van der Waals surface area contributed by atoms with Crippen LogP contribution in [0.2, 0.25) is 0 Å². The van der Waals surface area contributed by atoms with E-state index < -0.39 is 23.9 Å². The van der Waals surface area contributed by atoms with Gasteiger partial charge in [-0.05, 0) is 24.8 Å². The number of amides is 1. The van der Waals surface area contributed by atoms with Crippen molar-refractivity contribution < 1.29 is 27.4 Å². The van der Waals surface area contributed by atoms with Crippen molar-refractivity contribution in [3.63, 3.8) is 0 Å². The first-order valence-electron chi connectivity index (χ1n) is 8.11. The van der Waals surface area contributed by atoms with Gasteiger partial charge in [-0.3, -0.25) is 4.79 Å². The van der Waals surface area contributed by atoms with Gasteiger partial charge in [-0.25, -0.2) is 0 Å². The second-order valence-electron chi connectivity index (χ2n) is 6.10. The van der Waals surface area contributed by atoms with Crippen molar-refractivity contribution in [3.05, 3.63) is 35.9 Å². The minimum atomic E-state index is -4.55. The first-order chi connectivity index (χ1) is 11.4. The number of ether oxygens (including phenoxy) is 2. The molecule has 2 aliphatic rings. The minimum absolute atomic E-state index is 0.0833. The lowest BCUT2D eigenvalue weighted by atomic mass is 9.86. The van der Waals surface area contributed by atoms with E-state index in [0.29, 0.717) is 19.6 Å². The Morgan fingerprint density at radius 1 is 1.17 bits per heavy atom. The van der Waals surface area contributed by atoms with Crippen LogP contribution in [0.4, 0.5) is 13.2 Å². The molecule has 7 heteroatoms. The highest BCUT2D eigenvalue weighted by Crippen LogP contribution is 2.50. The van der Waals surface area contributed by atoms with Crippen LogP contribution in [0.5, 0.6) is 0 Å². The van der Waals surface area contributed by atoms with Crippen LogP contribution in [0.3, 0.4) is 0 Å². The fourth-order valence-electron chi connectivity index (χ4n) is 3.54. The third kappa shape index (κ3) is 3.02. The molecular weight excluding hydrogens is 323 g/mol. The monoisotopic (exact) mass is 343 g/mol. The normalized spacial score (nSPS) is 25.9. The molecule has 1 amide bonds. The van der Waals surface area contributed by atoms with Crippen LogP contribution in [0.15, 0.2) is 30.3 Å². The van der Waals surface area contributed by atoms with Crippen molar-refractivity contribution in [1.29, 1.82) is 0 Å². The van der Waals surface area contributed by atoms with Crippen molar-refractivity contribution in [1.82, 2.24) is 4.90 Å². The van der Waals surface area contributed by atoms with Crippen molar-refractivity contribution in [3.8, 4) is 0 Å². The number of hydrogen-bond acceptors (Lipinski definition) is 3. The first kappa shape index (κ1) is 17.2. The van der Waals surface area contributed by atoms with Gasteiger partial charge < -0.3 is 14.4 Å². The molecule has 1 atom stereocenters. The zero-order chi connectivity index (χ0) is 17.2. The summed E-state index contributed by atoms with van der Waals surface area (Å²) in [7, 11) is 0. The Hall–Kier alpha value is -1.60. The molecule has 1 unspecified atom stereocenters. The predicted molar refractivity (Wildman–Crippen MR) is 80.0 cm³/mol. The highest BCUT2D eigenvalue weighted by atomic mass is 19.4. The fourth-order valence-corrected chi connectivity index (χ4v) is 3.54. The molecule has 3 rings (SSSR count). The fraction of sp³-hybridized carbons (Fsp3) is 0.588. The van der Waals surface area contributed by atoms with Crippen LogP contribution < -0.4 is 0 Å². The number of benzene rings is 1. The Bertz CT molecular complexity index is 572. The summed E-state index contributed by atoms with van der Waals surface area (Å²) >= 11 is 0. The lowest BCUT2D eigenvalue weighted by Crippen LogP contribution is -2.55. The Balaban J connectivity index is 1.88. The number of hydrogen-bond donors (Lipinski definition) is 0. The Morgan fingerprint density at radius 3 is 2.46 bits per heavy atom. The van der Waals surface area contributed by atoms with Crippen LogP contribution in [0.25, 0.3) is 0 Å². The minimum Gasteiger partial charge on any atom is -0.352 e. The number of alkyl halides is 3. The average molecular weight is 343 g/mol. The van der Waals surface area contributed by atoms with Crippen LogP contribution in [-0.2, 0) is 19.8 Å². The molecule has 0 saturated carbocycles. The van der Waals surface area contributed by atoms with Gasteiger partial charge in [0.1, 0.15) is 0 Å². The van der Waals surface area contributed by atoms with Gasteiger partial charge in [0.05, 0.1) is 19.6 Å². The van der Waals surface area contributed by atoms with E-state index in [1.165, 1.54) is 12.1 Å². The van der Waals surface area contributed by atoms with Crippen molar-refractivity contribution in [2.75, 3.05) is 19.8 Å². The molecule has 0 aromatic heterocycles. The summed E-state index contributed by atoms with van der Waals surface area (Å²) in [5, 5.41) is 0. The molecule has 132 valence electrons. The smallest absolute Gasteiger partial charge is 0.352 e. The maximum atomic E-state index is 14.0. The zero-order valence-electron chi connectivity index (χ0n) is 13.2. The first-order valence-corrected chi connectivity index (χ1v) is 8.11. The van der Waals surface area contributed by atoms with Crippen LogP contribution in [0.1, 0.15) is 31.2 Å². The molecule has 1 aromatic rings. The largest absolute Gasteiger partial charge is 0.415 e. The van der Waals surface area contributed by atoms with Crippen LogP contribution in [-0.4, -0.2) is 43.0 Å². The lowest BCUT2D eigenvalue weighted by molar-refractivity contribution is -0.233. The van der Waals surface area contributed by atoms with Gasteiger partial charge in [0.25, 0.3) is 0 Å². The SMILES string of the molecule is O=C(CC1OCCCO1)N1CCCC1(c1ccccc1)C(F)(F)F. The van der Waals surface area contributed by atoms with Gasteiger partial charge in [-0.15, -0.1) is 0 Å². The standard InChI is InChI=1S/C17H20F3NO3/c18-17(19,20)16(13-6-2-1-3-7-13)8-4-9-21(16)14(22)12-15-23-10-5-11-24-15/h1-3,6-7,15H,4-5,8-12H2. The molecule has 24 heavy (non-hydrogen) atoms. The summed E-state index contributed by atoms with van der Waals surface area (Å²) in [6, 6.07) is 7.67. The Morgan fingerprint density at radius 2 is 1.83 bits per heavy atom. The van der Waals surface area contributed by atoms with Gasteiger partial charge >= 0.3 is 6.18 Å². The van der Waals surface area contributed by atoms with Gasteiger partial charge in [0.15, 0.2) is 11.8 Å². The van der Waals surface area contributed by atoms with E-state index in [1.54, 1.807) is 18.2 Å². The number of rotatable bonds is 3. The Kier molecular flexibility index (Phi) is 4.83.